The molecule has 6 rings (SSSR count). The van der Waals surface area contributed by atoms with Crippen LogP contribution in [0.3, 0.4) is 0 Å². The maximum Gasteiger partial charge on any atom is 0.280 e. The second kappa shape index (κ2) is 12.4. The van der Waals surface area contributed by atoms with Crippen molar-refractivity contribution in [2.75, 3.05) is 18.4 Å². The van der Waals surface area contributed by atoms with Gasteiger partial charge in [-0.2, -0.15) is 4.99 Å². The molecule has 12 heteroatoms. The van der Waals surface area contributed by atoms with E-state index in [0.29, 0.717) is 59.5 Å². The van der Waals surface area contributed by atoms with E-state index in [0.717, 1.165) is 23.1 Å². The highest BCUT2D eigenvalue weighted by molar-refractivity contribution is 6.30. The zero-order valence-electron chi connectivity index (χ0n) is 23.6. The van der Waals surface area contributed by atoms with Gasteiger partial charge in [-0.05, 0) is 60.9 Å². The lowest BCUT2D eigenvalue weighted by Gasteiger charge is -2.31. The number of carbonyl (C=O) groups is 2. The number of hydrogen-bond acceptors (Lipinski definition) is 6. The Morgan fingerprint density at radius 3 is 2.64 bits per heavy atom. The average Bonchev–Trinajstić information content (AvgIpc) is 3.18. The van der Waals surface area contributed by atoms with Crippen LogP contribution < -0.4 is 22.1 Å². The van der Waals surface area contributed by atoms with Crippen LogP contribution in [-0.4, -0.2) is 45.7 Å². The second-order valence-electron chi connectivity index (χ2n) is 10.8. The summed E-state index contributed by atoms with van der Waals surface area (Å²) in [6.07, 6.45) is 3.17. The summed E-state index contributed by atoms with van der Waals surface area (Å²) < 4.78 is 14.8. The SMILES string of the molecule is NC(=O)C1CCCN(C(N)=NC(=O)c2ccc(Nc3ncc4c(n3)-c3ccc(Cl)cc3C(c3ccccc3F)NC4)cc2)C1. The largest absolute Gasteiger partial charge is 0.369 e. The predicted molar refractivity (Wildman–Crippen MR) is 167 cm³/mol. The Kier molecular flexibility index (Phi) is 8.23. The Morgan fingerprint density at radius 1 is 1.07 bits per heavy atom. The molecule has 3 aromatic carbocycles. The van der Waals surface area contributed by atoms with Crippen molar-refractivity contribution in [3.05, 3.63) is 106 Å². The zero-order chi connectivity index (χ0) is 30.8. The van der Waals surface area contributed by atoms with Crippen molar-refractivity contribution >= 4 is 41.0 Å². The average molecular weight is 613 g/mol. The molecule has 2 aliphatic rings. The molecule has 10 nitrogen and oxygen atoms in total. The van der Waals surface area contributed by atoms with Crippen molar-refractivity contribution < 1.29 is 14.0 Å². The number of aromatic nitrogens is 2. The number of rotatable bonds is 5. The van der Waals surface area contributed by atoms with Gasteiger partial charge in [0.2, 0.25) is 11.9 Å². The molecular formula is C32H30ClFN8O2. The number of primary amides is 1. The van der Waals surface area contributed by atoms with E-state index < -0.39 is 11.9 Å². The van der Waals surface area contributed by atoms with Crippen molar-refractivity contribution in [3.8, 4) is 11.3 Å². The third-order valence-electron chi connectivity index (χ3n) is 7.91. The van der Waals surface area contributed by atoms with Crippen LogP contribution >= 0.6 is 11.6 Å². The minimum Gasteiger partial charge on any atom is -0.369 e. The van der Waals surface area contributed by atoms with Gasteiger partial charge in [-0.3, -0.25) is 9.59 Å². The molecule has 2 aliphatic heterocycles. The Balaban J connectivity index is 1.21. The number of hydrogen-bond donors (Lipinski definition) is 4. The van der Waals surface area contributed by atoms with E-state index in [2.05, 4.69) is 20.6 Å². The van der Waals surface area contributed by atoms with Crippen LogP contribution in [0.5, 0.6) is 0 Å². The molecule has 0 bridgehead atoms. The maximum absolute atomic E-state index is 14.8. The molecule has 2 atom stereocenters. The highest BCUT2D eigenvalue weighted by Gasteiger charge is 2.27. The topological polar surface area (TPSA) is 152 Å². The first-order valence-electron chi connectivity index (χ1n) is 14.2. The Hall–Kier alpha value is -4.87. The molecule has 2 unspecified atom stereocenters. The number of likely N-dealkylation sites (tertiary alicyclic amines) is 1. The van der Waals surface area contributed by atoms with Crippen LogP contribution in [0.1, 0.15) is 45.9 Å². The third kappa shape index (κ3) is 6.10. The molecule has 0 radical (unpaired) electrons. The van der Waals surface area contributed by atoms with Crippen molar-refractivity contribution in [3.63, 3.8) is 0 Å². The number of nitrogens with zero attached hydrogens (tertiary/aromatic N) is 4. The standard InChI is InChI=1S/C32H30ClFN8O2/c33-21-9-12-23-25(14-21)28(24-5-1-2-6-26(24)34)37-15-20-16-38-32(40-27(20)23)39-22-10-7-18(8-11-22)30(44)41-31(36)42-13-3-4-19(17-42)29(35)43/h1-2,5-12,14,16,19,28,37H,3-4,13,15,17H2,(H2,35,43)(H2,36,41,44)(H,38,39,40). The van der Waals surface area contributed by atoms with Gasteiger partial charge < -0.3 is 27.0 Å². The van der Waals surface area contributed by atoms with Crippen LogP contribution in [0.25, 0.3) is 11.3 Å². The summed E-state index contributed by atoms with van der Waals surface area (Å²) in [7, 11) is 0. The number of piperidine rings is 1. The fourth-order valence-electron chi connectivity index (χ4n) is 5.61. The molecule has 2 amide bonds. The number of carbonyl (C=O) groups excluding carboxylic acids is 2. The fourth-order valence-corrected chi connectivity index (χ4v) is 5.79. The second-order valence-corrected chi connectivity index (χ2v) is 11.2. The molecule has 0 aliphatic carbocycles. The van der Waals surface area contributed by atoms with Gasteiger partial charge in [0.05, 0.1) is 17.7 Å². The van der Waals surface area contributed by atoms with E-state index in [1.807, 2.05) is 12.1 Å². The first kappa shape index (κ1) is 29.2. The number of amides is 2. The Morgan fingerprint density at radius 2 is 1.86 bits per heavy atom. The first-order valence-corrected chi connectivity index (χ1v) is 14.6. The number of aliphatic imine (C=N–C) groups is 1. The van der Waals surface area contributed by atoms with E-state index in [1.165, 1.54) is 6.07 Å². The summed E-state index contributed by atoms with van der Waals surface area (Å²) in [4.78, 5) is 39.4. The Bertz CT molecular complexity index is 1760. The van der Waals surface area contributed by atoms with E-state index in [4.69, 9.17) is 28.1 Å². The molecule has 44 heavy (non-hydrogen) atoms. The van der Waals surface area contributed by atoms with Crippen molar-refractivity contribution in [1.29, 1.82) is 0 Å². The first-order chi connectivity index (χ1) is 21.3. The lowest BCUT2D eigenvalue weighted by atomic mass is 9.93. The third-order valence-corrected chi connectivity index (χ3v) is 8.14. The molecule has 1 saturated heterocycles. The van der Waals surface area contributed by atoms with Crippen LogP contribution in [0, 0.1) is 11.7 Å². The molecule has 4 aromatic rings. The molecule has 0 saturated carbocycles. The fraction of sp³-hybridized carbons (Fsp3) is 0.219. The normalized spacial score (nSPS) is 18.1. The monoisotopic (exact) mass is 612 g/mol. The van der Waals surface area contributed by atoms with Crippen molar-refractivity contribution in [2.45, 2.75) is 25.4 Å². The minimum absolute atomic E-state index is 0.0647. The lowest BCUT2D eigenvalue weighted by molar-refractivity contribution is -0.122. The highest BCUT2D eigenvalue weighted by atomic mass is 35.5. The van der Waals surface area contributed by atoms with Gasteiger partial charge in [-0.25, -0.2) is 14.4 Å². The van der Waals surface area contributed by atoms with E-state index in [9.17, 15) is 14.0 Å². The van der Waals surface area contributed by atoms with E-state index in [1.54, 1.807) is 59.6 Å². The number of halogens is 2. The predicted octanol–water partition coefficient (Wildman–Crippen LogP) is 4.52. The molecule has 6 N–H and O–H groups in total. The lowest BCUT2D eigenvalue weighted by Crippen LogP contribution is -2.47. The van der Waals surface area contributed by atoms with Gasteiger partial charge in [0, 0.05) is 58.8 Å². The number of fused-ring (bicyclic) bond motifs is 3. The zero-order valence-corrected chi connectivity index (χ0v) is 24.4. The molecule has 3 heterocycles. The highest BCUT2D eigenvalue weighted by Crippen LogP contribution is 2.38. The maximum atomic E-state index is 14.8. The smallest absolute Gasteiger partial charge is 0.280 e. The van der Waals surface area contributed by atoms with Gasteiger partial charge >= 0.3 is 0 Å². The summed E-state index contributed by atoms with van der Waals surface area (Å²) in [5.74, 6) is -1.09. The summed E-state index contributed by atoms with van der Waals surface area (Å²) in [6.45, 7) is 1.37. The number of nitrogens with two attached hydrogens (primary N) is 2. The van der Waals surface area contributed by atoms with E-state index >= 15 is 0 Å². The summed E-state index contributed by atoms with van der Waals surface area (Å²) >= 11 is 6.38. The molecule has 224 valence electrons. The van der Waals surface area contributed by atoms with Gasteiger partial charge in [0.1, 0.15) is 5.82 Å². The summed E-state index contributed by atoms with van der Waals surface area (Å²) in [5, 5.41) is 7.16. The summed E-state index contributed by atoms with van der Waals surface area (Å²) in [6, 6.07) is 18.4. The number of nitrogens with one attached hydrogen (secondary N) is 2. The van der Waals surface area contributed by atoms with Crippen LogP contribution in [-0.2, 0) is 11.3 Å². The summed E-state index contributed by atoms with van der Waals surface area (Å²) in [5.41, 5.74) is 16.2. The molecule has 1 fully saturated rings. The van der Waals surface area contributed by atoms with Crippen molar-refractivity contribution in [2.24, 2.45) is 22.4 Å². The molecule has 1 aromatic heterocycles. The van der Waals surface area contributed by atoms with Gasteiger partial charge in [0.15, 0.2) is 5.96 Å². The molecule has 0 spiro atoms. The number of benzene rings is 3. The van der Waals surface area contributed by atoms with Crippen LogP contribution in [0.4, 0.5) is 16.0 Å². The minimum atomic E-state index is -0.497. The molecular weight excluding hydrogens is 583 g/mol. The number of guanidine groups is 1. The van der Waals surface area contributed by atoms with Crippen LogP contribution in [0.15, 0.2) is 77.9 Å². The quantitative estimate of drug-likeness (QED) is 0.190. The Labute approximate surface area is 258 Å². The van der Waals surface area contributed by atoms with Crippen LogP contribution in [0.2, 0.25) is 5.02 Å². The van der Waals surface area contributed by atoms with Gasteiger partial charge in [-0.1, -0.05) is 35.9 Å². The van der Waals surface area contributed by atoms with Gasteiger partial charge in [0.25, 0.3) is 5.91 Å². The van der Waals surface area contributed by atoms with Crippen molar-refractivity contribution in [1.82, 2.24) is 20.2 Å². The van der Waals surface area contributed by atoms with Gasteiger partial charge in [-0.15, -0.1) is 0 Å². The van der Waals surface area contributed by atoms with E-state index in [-0.39, 0.29) is 23.6 Å². The number of anilines is 2.